The number of hydrogen-bond donors (Lipinski definition) is 1. The van der Waals surface area contributed by atoms with Gasteiger partial charge in [-0.1, -0.05) is 0 Å². The van der Waals surface area contributed by atoms with E-state index in [0.29, 0.717) is 4.48 Å². The van der Waals surface area contributed by atoms with Crippen LogP contribution < -0.4 is 0 Å². The third-order valence-electron chi connectivity index (χ3n) is 2.41. The van der Waals surface area contributed by atoms with Gasteiger partial charge >= 0.3 is 5.97 Å². The SMILES string of the molecule is C[N+](C)(C)C1(C(=O)O)CC1. The highest BCUT2D eigenvalue weighted by Crippen LogP contribution is 2.43. The molecule has 1 rings (SSSR count). The van der Waals surface area contributed by atoms with Crippen LogP contribution in [0, 0.1) is 0 Å². The van der Waals surface area contributed by atoms with Crippen molar-refractivity contribution in [2.24, 2.45) is 0 Å². The van der Waals surface area contributed by atoms with E-state index in [4.69, 9.17) is 5.11 Å². The fraction of sp³-hybridized carbons (Fsp3) is 0.857. The molecule has 0 aliphatic heterocycles. The van der Waals surface area contributed by atoms with Gasteiger partial charge in [-0.25, -0.2) is 4.79 Å². The van der Waals surface area contributed by atoms with Crippen LogP contribution in [0.3, 0.4) is 0 Å². The zero-order valence-electron chi connectivity index (χ0n) is 6.72. The fourth-order valence-electron chi connectivity index (χ4n) is 1.29. The van der Waals surface area contributed by atoms with E-state index in [9.17, 15) is 4.79 Å². The van der Waals surface area contributed by atoms with Gasteiger partial charge in [-0.05, 0) is 0 Å². The highest BCUT2D eigenvalue weighted by Gasteiger charge is 2.61. The predicted octanol–water partition coefficient (Wildman–Crippen LogP) is 0.310. The maximum absolute atomic E-state index is 10.7. The van der Waals surface area contributed by atoms with Gasteiger partial charge in [0, 0.05) is 12.8 Å². The average Bonchev–Trinajstić information content (AvgIpc) is 2.36. The molecule has 0 unspecified atom stereocenters. The monoisotopic (exact) mass is 144 g/mol. The summed E-state index contributed by atoms with van der Waals surface area (Å²) in [4.78, 5) is 10.7. The molecule has 1 N–H and O–H groups in total. The molecule has 0 aromatic rings. The van der Waals surface area contributed by atoms with Crippen molar-refractivity contribution < 1.29 is 14.4 Å². The predicted molar refractivity (Wildman–Crippen MR) is 37.6 cm³/mol. The van der Waals surface area contributed by atoms with E-state index in [-0.39, 0.29) is 0 Å². The number of rotatable bonds is 2. The van der Waals surface area contributed by atoms with Gasteiger partial charge in [0.1, 0.15) is 0 Å². The number of aliphatic carboxylic acids is 1. The Labute approximate surface area is 60.8 Å². The molecule has 3 heteroatoms. The Bertz CT molecular complexity index is 165. The lowest BCUT2D eigenvalue weighted by molar-refractivity contribution is -0.898. The second kappa shape index (κ2) is 1.72. The molecule has 1 aliphatic rings. The lowest BCUT2D eigenvalue weighted by Crippen LogP contribution is -2.52. The number of carboxylic acid groups (broad SMARTS) is 1. The van der Waals surface area contributed by atoms with Gasteiger partial charge in [0.15, 0.2) is 5.54 Å². The molecule has 1 fully saturated rings. The summed E-state index contributed by atoms with van der Waals surface area (Å²) in [5.74, 6) is -0.653. The average molecular weight is 144 g/mol. The van der Waals surface area contributed by atoms with Crippen LogP contribution in [-0.4, -0.2) is 42.2 Å². The summed E-state index contributed by atoms with van der Waals surface area (Å²) in [5, 5.41) is 8.82. The third kappa shape index (κ3) is 0.814. The Kier molecular flexibility index (Phi) is 1.30. The topological polar surface area (TPSA) is 37.3 Å². The number of nitrogens with zero attached hydrogens (tertiary/aromatic N) is 1. The van der Waals surface area contributed by atoms with Gasteiger partial charge in [-0.15, -0.1) is 0 Å². The first-order chi connectivity index (χ1) is 4.40. The van der Waals surface area contributed by atoms with Crippen molar-refractivity contribution in [2.45, 2.75) is 18.4 Å². The molecule has 3 nitrogen and oxygen atoms in total. The van der Waals surface area contributed by atoms with Gasteiger partial charge in [0.2, 0.25) is 0 Å². The quantitative estimate of drug-likeness (QED) is 0.566. The molecule has 0 atom stereocenters. The zero-order chi connectivity index (χ0) is 7.99. The molecule has 1 aliphatic carbocycles. The first kappa shape index (κ1) is 7.54. The summed E-state index contributed by atoms with van der Waals surface area (Å²) in [6.07, 6.45) is 1.65. The van der Waals surface area contributed by atoms with Crippen LogP contribution in [0.1, 0.15) is 12.8 Å². The Morgan fingerprint density at radius 3 is 1.80 bits per heavy atom. The highest BCUT2D eigenvalue weighted by atomic mass is 16.4. The van der Waals surface area contributed by atoms with Crippen LogP contribution in [0.2, 0.25) is 0 Å². The number of quaternary nitrogens is 1. The molecule has 0 aromatic heterocycles. The molecule has 1 saturated carbocycles. The lowest BCUT2D eigenvalue weighted by atomic mass is 10.2. The van der Waals surface area contributed by atoms with E-state index < -0.39 is 11.5 Å². The van der Waals surface area contributed by atoms with Gasteiger partial charge in [0.25, 0.3) is 0 Å². The largest absolute Gasteiger partial charge is 0.477 e. The minimum atomic E-state index is -0.653. The van der Waals surface area contributed by atoms with Gasteiger partial charge in [-0.3, -0.25) is 0 Å². The minimum absolute atomic E-state index is 0.458. The van der Waals surface area contributed by atoms with E-state index in [1.54, 1.807) is 0 Å². The number of likely N-dealkylation sites (N-methyl/N-ethyl adjacent to an activating group) is 1. The summed E-state index contributed by atoms with van der Waals surface area (Å²) >= 11 is 0. The van der Waals surface area contributed by atoms with Crippen molar-refractivity contribution in [1.82, 2.24) is 0 Å². The maximum atomic E-state index is 10.7. The van der Waals surface area contributed by atoms with Crippen molar-refractivity contribution in [3.05, 3.63) is 0 Å². The zero-order valence-corrected chi connectivity index (χ0v) is 6.72. The Morgan fingerprint density at radius 1 is 1.40 bits per heavy atom. The molecule has 0 bridgehead atoms. The first-order valence-corrected chi connectivity index (χ1v) is 3.45. The summed E-state index contributed by atoms with van der Waals surface area (Å²) in [6.45, 7) is 0. The highest BCUT2D eigenvalue weighted by molar-refractivity contribution is 5.80. The van der Waals surface area contributed by atoms with Crippen LogP contribution in [0.5, 0.6) is 0 Å². The normalized spacial score (nSPS) is 22.3. The fourth-order valence-corrected chi connectivity index (χ4v) is 1.29. The molecule has 58 valence electrons. The van der Waals surface area contributed by atoms with Crippen LogP contribution in [-0.2, 0) is 4.79 Å². The molecule has 0 radical (unpaired) electrons. The van der Waals surface area contributed by atoms with Gasteiger partial charge in [-0.2, -0.15) is 0 Å². The van der Waals surface area contributed by atoms with Crippen molar-refractivity contribution in [2.75, 3.05) is 21.1 Å². The second-order valence-electron chi connectivity index (χ2n) is 3.85. The van der Waals surface area contributed by atoms with Crippen LogP contribution in [0.25, 0.3) is 0 Å². The molecule has 0 spiro atoms. The second-order valence-corrected chi connectivity index (χ2v) is 3.85. The summed E-state index contributed by atoms with van der Waals surface area (Å²) < 4.78 is 0.544. The number of carbonyl (C=O) groups is 1. The van der Waals surface area contributed by atoms with Gasteiger partial charge < -0.3 is 9.59 Å². The molecule has 10 heavy (non-hydrogen) atoms. The van der Waals surface area contributed by atoms with Gasteiger partial charge in [0.05, 0.1) is 21.1 Å². The summed E-state index contributed by atoms with van der Waals surface area (Å²) in [5.41, 5.74) is -0.458. The van der Waals surface area contributed by atoms with Crippen molar-refractivity contribution in [3.63, 3.8) is 0 Å². The van der Waals surface area contributed by atoms with Crippen molar-refractivity contribution in [1.29, 1.82) is 0 Å². The number of carboxylic acids is 1. The molecule has 0 aromatic carbocycles. The van der Waals surface area contributed by atoms with Crippen molar-refractivity contribution >= 4 is 5.97 Å². The smallest absolute Gasteiger partial charge is 0.365 e. The van der Waals surface area contributed by atoms with Crippen molar-refractivity contribution in [3.8, 4) is 0 Å². The van der Waals surface area contributed by atoms with E-state index in [2.05, 4.69) is 0 Å². The van der Waals surface area contributed by atoms with E-state index in [0.717, 1.165) is 12.8 Å². The van der Waals surface area contributed by atoms with E-state index >= 15 is 0 Å². The molecule has 0 heterocycles. The Balaban J connectivity index is 2.80. The first-order valence-electron chi connectivity index (χ1n) is 3.45. The minimum Gasteiger partial charge on any atom is -0.477 e. The van der Waals surface area contributed by atoms with Crippen LogP contribution in [0.4, 0.5) is 0 Å². The molecule has 0 saturated heterocycles. The molecular formula is C7H14NO2+. The Hall–Kier alpha value is -0.570. The van der Waals surface area contributed by atoms with E-state index in [1.807, 2.05) is 21.1 Å². The third-order valence-corrected chi connectivity index (χ3v) is 2.41. The van der Waals surface area contributed by atoms with E-state index in [1.165, 1.54) is 0 Å². The molecular weight excluding hydrogens is 130 g/mol. The number of hydrogen-bond acceptors (Lipinski definition) is 1. The lowest BCUT2D eigenvalue weighted by Gasteiger charge is -2.31. The standard InChI is InChI=1S/C7H13NO2/c1-8(2,3)7(4-5-7)6(9)10/h4-5H2,1-3H3/p+1. The maximum Gasteiger partial charge on any atom is 0.365 e. The van der Waals surface area contributed by atoms with Crippen LogP contribution in [0.15, 0.2) is 0 Å². The van der Waals surface area contributed by atoms with Crippen LogP contribution >= 0.6 is 0 Å². The molecule has 0 amide bonds. The summed E-state index contributed by atoms with van der Waals surface area (Å²) in [6, 6.07) is 0. The summed E-state index contributed by atoms with van der Waals surface area (Å²) in [7, 11) is 5.80. The Morgan fingerprint density at radius 2 is 1.80 bits per heavy atom.